The monoisotopic (exact) mass is 383 g/mol. The second-order valence-electron chi connectivity index (χ2n) is 6.02. The summed E-state index contributed by atoms with van der Waals surface area (Å²) in [5.41, 5.74) is 1.14. The van der Waals surface area contributed by atoms with Crippen LogP contribution in [0, 0.1) is 0 Å². The summed E-state index contributed by atoms with van der Waals surface area (Å²) in [5.74, 6) is -0.995. The predicted molar refractivity (Wildman–Crippen MR) is 104 cm³/mol. The van der Waals surface area contributed by atoms with Crippen molar-refractivity contribution in [2.24, 2.45) is 0 Å². The number of aliphatic hydroxyl groups excluding tert-OH is 1. The fraction of sp³-hybridized carbons (Fsp3) is 0.143. The Labute approximate surface area is 162 Å². The number of methoxy groups -OCH3 is 1. The van der Waals surface area contributed by atoms with Crippen LogP contribution in [-0.4, -0.2) is 35.4 Å². The number of hydrogen-bond acceptors (Lipinski definition) is 4. The lowest BCUT2D eigenvalue weighted by molar-refractivity contribution is -0.139. The number of ether oxygens (including phenoxy) is 1. The molecule has 0 aliphatic carbocycles. The van der Waals surface area contributed by atoms with Crippen molar-refractivity contribution >= 4 is 29.1 Å². The molecule has 1 aliphatic heterocycles. The van der Waals surface area contributed by atoms with Crippen LogP contribution in [0.15, 0.2) is 66.8 Å². The third-order valence-electron chi connectivity index (χ3n) is 4.41. The highest BCUT2D eigenvalue weighted by Gasteiger charge is 2.45. The maximum Gasteiger partial charge on any atom is 0.295 e. The van der Waals surface area contributed by atoms with Crippen LogP contribution >= 0.6 is 11.6 Å². The normalized spacial score (nSPS) is 18.6. The maximum atomic E-state index is 12.7. The third kappa shape index (κ3) is 3.46. The first-order valence-electron chi connectivity index (χ1n) is 8.27. The van der Waals surface area contributed by atoms with E-state index in [-0.39, 0.29) is 17.9 Å². The standard InChI is InChI=1S/C21H18ClNO4/c1-3-12-23-18(13-6-10-16(27-2)11-7-13)17(20(25)21(23)26)19(24)14-4-8-15(22)9-5-14/h3-11,18,24H,1,12H2,2H3/b19-17+/t18-/m1/s1. The molecule has 1 amide bonds. The van der Waals surface area contributed by atoms with Crippen LogP contribution in [0.1, 0.15) is 17.2 Å². The molecule has 3 rings (SSSR count). The number of halogens is 1. The minimum Gasteiger partial charge on any atom is -0.507 e. The van der Waals surface area contributed by atoms with E-state index >= 15 is 0 Å². The van der Waals surface area contributed by atoms with Crippen molar-refractivity contribution in [2.45, 2.75) is 6.04 Å². The first-order chi connectivity index (χ1) is 13.0. The van der Waals surface area contributed by atoms with E-state index in [1.54, 1.807) is 61.7 Å². The van der Waals surface area contributed by atoms with Crippen LogP contribution in [0.25, 0.3) is 5.76 Å². The van der Waals surface area contributed by atoms with E-state index in [1.807, 2.05) is 0 Å². The van der Waals surface area contributed by atoms with Crippen molar-refractivity contribution in [2.75, 3.05) is 13.7 Å². The Bertz CT molecular complexity index is 916. The Kier molecular flexibility index (Phi) is 5.33. The van der Waals surface area contributed by atoms with Gasteiger partial charge in [0.15, 0.2) is 0 Å². The van der Waals surface area contributed by atoms with Gasteiger partial charge >= 0.3 is 0 Å². The van der Waals surface area contributed by atoms with Gasteiger partial charge in [-0.2, -0.15) is 0 Å². The molecule has 0 spiro atoms. The summed E-state index contributed by atoms with van der Waals surface area (Å²) in [4.78, 5) is 26.6. The molecule has 1 N–H and O–H groups in total. The molecular weight excluding hydrogens is 366 g/mol. The number of benzene rings is 2. The Hall–Kier alpha value is -3.05. The second-order valence-corrected chi connectivity index (χ2v) is 6.46. The molecule has 0 radical (unpaired) electrons. The van der Waals surface area contributed by atoms with Gasteiger partial charge in [-0.1, -0.05) is 29.8 Å². The largest absolute Gasteiger partial charge is 0.507 e. The molecule has 1 atom stereocenters. The number of carbonyl (C=O) groups is 2. The average Bonchev–Trinajstić information content (AvgIpc) is 2.93. The molecule has 2 aromatic carbocycles. The van der Waals surface area contributed by atoms with E-state index in [2.05, 4.69) is 6.58 Å². The SMILES string of the molecule is C=CCN1C(=O)C(=O)/C(=C(/O)c2ccc(Cl)cc2)[C@H]1c1ccc(OC)cc1. The van der Waals surface area contributed by atoms with Gasteiger partial charge in [-0.15, -0.1) is 6.58 Å². The number of aliphatic hydroxyl groups is 1. The minimum absolute atomic E-state index is 0.0364. The van der Waals surface area contributed by atoms with Crippen LogP contribution < -0.4 is 4.74 Å². The Morgan fingerprint density at radius 3 is 2.37 bits per heavy atom. The summed E-state index contributed by atoms with van der Waals surface area (Å²) in [5, 5.41) is 11.3. The molecule has 1 fully saturated rings. The number of carbonyl (C=O) groups excluding carboxylic acids is 2. The summed E-state index contributed by atoms with van der Waals surface area (Å²) in [6, 6.07) is 12.7. The summed E-state index contributed by atoms with van der Waals surface area (Å²) in [7, 11) is 1.55. The number of Topliss-reactive ketones (excluding diaryl/α,β-unsaturated/α-hetero) is 1. The molecule has 6 heteroatoms. The summed E-state index contributed by atoms with van der Waals surface area (Å²) in [6.45, 7) is 3.84. The molecule has 0 aromatic heterocycles. The van der Waals surface area contributed by atoms with E-state index in [1.165, 1.54) is 4.90 Å². The van der Waals surface area contributed by atoms with Crippen LogP contribution in [0.5, 0.6) is 5.75 Å². The van der Waals surface area contributed by atoms with Crippen molar-refractivity contribution in [1.82, 2.24) is 4.90 Å². The average molecular weight is 384 g/mol. The Balaban J connectivity index is 2.16. The number of ketones is 1. The van der Waals surface area contributed by atoms with Gasteiger partial charge in [0.05, 0.1) is 18.7 Å². The van der Waals surface area contributed by atoms with Crippen molar-refractivity contribution in [3.63, 3.8) is 0 Å². The van der Waals surface area contributed by atoms with E-state index in [9.17, 15) is 14.7 Å². The molecular formula is C21H18ClNO4. The van der Waals surface area contributed by atoms with E-state index in [4.69, 9.17) is 16.3 Å². The smallest absolute Gasteiger partial charge is 0.295 e. The van der Waals surface area contributed by atoms with Gasteiger partial charge in [0.1, 0.15) is 11.5 Å². The molecule has 1 heterocycles. The Morgan fingerprint density at radius 1 is 1.19 bits per heavy atom. The number of hydrogen-bond donors (Lipinski definition) is 1. The second kappa shape index (κ2) is 7.68. The van der Waals surface area contributed by atoms with Gasteiger partial charge in [0.2, 0.25) is 0 Å². The molecule has 1 saturated heterocycles. The summed E-state index contributed by atoms with van der Waals surface area (Å²) < 4.78 is 5.17. The van der Waals surface area contributed by atoms with Crippen LogP contribution in [0.2, 0.25) is 5.02 Å². The zero-order valence-corrected chi connectivity index (χ0v) is 15.4. The van der Waals surface area contributed by atoms with Crippen LogP contribution in [-0.2, 0) is 9.59 Å². The van der Waals surface area contributed by atoms with Gasteiger partial charge in [-0.3, -0.25) is 9.59 Å². The summed E-state index contributed by atoms with van der Waals surface area (Å²) in [6.07, 6.45) is 1.55. The van der Waals surface area contributed by atoms with Crippen molar-refractivity contribution < 1.29 is 19.4 Å². The molecule has 1 aliphatic rings. The number of likely N-dealkylation sites (tertiary alicyclic amines) is 1. The molecule has 0 saturated carbocycles. The number of amides is 1. The van der Waals surface area contributed by atoms with Gasteiger partial charge in [-0.25, -0.2) is 0 Å². The molecule has 138 valence electrons. The molecule has 0 unspecified atom stereocenters. The zero-order valence-electron chi connectivity index (χ0n) is 14.7. The van der Waals surface area contributed by atoms with Gasteiger partial charge in [0, 0.05) is 17.1 Å². The molecule has 0 bridgehead atoms. The maximum absolute atomic E-state index is 12.7. The van der Waals surface area contributed by atoms with Crippen LogP contribution in [0.4, 0.5) is 0 Å². The highest BCUT2D eigenvalue weighted by atomic mass is 35.5. The number of rotatable bonds is 5. The van der Waals surface area contributed by atoms with Crippen molar-refractivity contribution in [3.8, 4) is 5.75 Å². The topological polar surface area (TPSA) is 66.8 Å². The van der Waals surface area contributed by atoms with Crippen molar-refractivity contribution in [3.05, 3.63) is 82.9 Å². The van der Waals surface area contributed by atoms with E-state index in [0.717, 1.165) is 0 Å². The lowest BCUT2D eigenvalue weighted by Gasteiger charge is -2.24. The predicted octanol–water partition coefficient (Wildman–Crippen LogP) is 3.96. The molecule has 27 heavy (non-hydrogen) atoms. The number of nitrogens with zero attached hydrogens (tertiary/aromatic N) is 1. The fourth-order valence-electron chi connectivity index (χ4n) is 3.10. The van der Waals surface area contributed by atoms with Gasteiger partial charge < -0.3 is 14.7 Å². The quantitative estimate of drug-likeness (QED) is 0.367. The summed E-state index contributed by atoms with van der Waals surface area (Å²) >= 11 is 5.90. The van der Waals surface area contributed by atoms with Gasteiger partial charge in [0.25, 0.3) is 11.7 Å². The lowest BCUT2D eigenvalue weighted by Crippen LogP contribution is -2.29. The Morgan fingerprint density at radius 2 is 1.81 bits per heavy atom. The first-order valence-corrected chi connectivity index (χ1v) is 8.65. The highest BCUT2D eigenvalue weighted by molar-refractivity contribution is 6.46. The molecule has 5 nitrogen and oxygen atoms in total. The first kappa shape index (κ1) is 18.7. The van der Waals surface area contributed by atoms with E-state index in [0.29, 0.717) is 21.9 Å². The highest BCUT2D eigenvalue weighted by Crippen LogP contribution is 2.39. The van der Waals surface area contributed by atoms with Gasteiger partial charge in [-0.05, 0) is 42.0 Å². The lowest BCUT2D eigenvalue weighted by atomic mass is 9.95. The third-order valence-corrected chi connectivity index (χ3v) is 4.67. The van der Waals surface area contributed by atoms with Crippen LogP contribution in [0.3, 0.4) is 0 Å². The zero-order chi connectivity index (χ0) is 19.6. The molecule has 2 aromatic rings. The fourth-order valence-corrected chi connectivity index (χ4v) is 3.23. The minimum atomic E-state index is -0.731. The van der Waals surface area contributed by atoms with E-state index < -0.39 is 17.7 Å². The van der Waals surface area contributed by atoms with Crippen molar-refractivity contribution in [1.29, 1.82) is 0 Å².